The fourth-order valence-electron chi connectivity index (χ4n) is 2.10. The Bertz CT molecular complexity index is 622. The van der Waals surface area contributed by atoms with Gasteiger partial charge in [-0.05, 0) is 45.5 Å². The van der Waals surface area contributed by atoms with Gasteiger partial charge in [-0.1, -0.05) is 17.7 Å². The van der Waals surface area contributed by atoms with E-state index in [0.717, 1.165) is 28.5 Å². The Kier molecular flexibility index (Phi) is 4.35. The van der Waals surface area contributed by atoms with E-state index < -0.39 is 0 Å². The molecule has 5 heteroatoms. The second kappa shape index (κ2) is 5.85. The third kappa shape index (κ3) is 2.81. The molecule has 4 nitrogen and oxygen atoms in total. The first-order valence-corrected chi connectivity index (χ1v) is 6.96. The van der Waals surface area contributed by atoms with Crippen molar-refractivity contribution in [2.45, 2.75) is 26.8 Å². The van der Waals surface area contributed by atoms with Gasteiger partial charge in [0.1, 0.15) is 11.4 Å². The van der Waals surface area contributed by atoms with Crippen LogP contribution in [0.5, 0.6) is 11.5 Å². The van der Waals surface area contributed by atoms with Gasteiger partial charge in [0.15, 0.2) is 5.75 Å². The maximum Gasteiger partial charge on any atom is 0.171 e. The van der Waals surface area contributed by atoms with Crippen molar-refractivity contribution in [3.05, 3.63) is 40.2 Å². The van der Waals surface area contributed by atoms with Crippen LogP contribution < -0.4 is 10.1 Å². The highest BCUT2D eigenvalue weighted by Gasteiger charge is 2.13. The van der Waals surface area contributed by atoms with Crippen molar-refractivity contribution in [2.75, 3.05) is 7.05 Å². The van der Waals surface area contributed by atoms with Gasteiger partial charge in [0.2, 0.25) is 0 Å². The predicted molar refractivity (Wildman–Crippen MR) is 81.7 cm³/mol. The summed E-state index contributed by atoms with van der Waals surface area (Å²) >= 11 is 6.31. The minimum absolute atomic E-state index is 0.207. The van der Waals surface area contributed by atoms with E-state index in [1.54, 1.807) is 0 Å². The summed E-state index contributed by atoms with van der Waals surface area (Å²) in [5, 5.41) is 8.21. The number of rotatable bonds is 4. The summed E-state index contributed by atoms with van der Waals surface area (Å²) in [5.41, 5.74) is 2.92. The predicted octanol–water partition coefficient (Wildman–Crippen LogP) is 3.76. The number of benzene rings is 1. The molecule has 0 fully saturated rings. The van der Waals surface area contributed by atoms with Crippen LogP contribution in [-0.2, 0) is 7.05 Å². The molecule has 1 aromatic heterocycles. The molecule has 0 saturated carbocycles. The molecule has 1 heterocycles. The Morgan fingerprint density at radius 3 is 2.55 bits per heavy atom. The van der Waals surface area contributed by atoms with E-state index in [1.807, 2.05) is 50.8 Å². The minimum atomic E-state index is 0.207. The molecule has 0 saturated heterocycles. The van der Waals surface area contributed by atoms with Gasteiger partial charge < -0.3 is 10.1 Å². The lowest BCUT2D eigenvalue weighted by molar-refractivity contribution is 0.473. The third-order valence-corrected chi connectivity index (χ3v) is 3.86. The second-order valence-electron chi connectivity index (χ2n) is 4.92. The Hall–Kier alpha value is -1.52. The molecule has 0 bridgehead atoms. The number of nitrogens with one attached hydrogen (secondary N) is 1. The average Bonchev–Trinajstić information content (AvgIpc) is 2.65. The lowest BCUT2D eigenvalue weighted by Crippen LogP contribution is -2.12. The van der Waals surface area contributed by atoms with Crippen LogP contribution in [0.2, 0.25) is 5.02 Å². The van der Waals surface area contributed by atoms with Gasteiger partial charge in [-0.3, -0.25) is 4.68 Å². The Morgan fingerprint density at radius 2 is 2.05 bits per heavy atom. The molecular formula is C15H20ClN3O. The number of aromatic nitrogens is 2. The van der Waals surface area contributed by atoms with E-state index in [2.05, 4.69) is 17.3 Å². The van der Waals surface area contributed by atoms with Gasteiger partial charge in [0.05, 0.1) is 5.69 Å². The molecule has 2 rings (SSSR count). The first-order valence-electron chi connectivity index (χ1n) is 6.58. The van der Waals surface area contributed by atoms with Gasteiger partial charge in [0.25, 0.3) is 0 Å². The summed E-state index contributed by atoms with van der Waals surface area (Å²) in [7, 11) is 3.81. The van der Waals surface area contributed by atoms with Crippen molar-refractivity contribution in [1.29, 1.82) is 0 Å². The Labute approximate surface area is 124 Å². The van der Waals surface area contributed by atoms with Gasteiger partial charge in [-0.2, -0.15) is 5.10 Å². The summed E-state index contributed by atoms with van der Waals surface area (Å²) in [6.45, 7) is 5.98. The van der Waals surface area contributed by atoms with Crippen LogP contribution in [0.3, 0.4) is 0 Å². The zero-order valence-electron chi connectivity index (χ0n) is 12.5. The summed E-state index contributed by atoms with van der Waals surface area (Å²) in [5.74, 6) is 1.51. The van der Waals surface area contributed by atoms with Crippen LogP contribution in [-0.4, -0.2) is 16.8 Å². The quantitative estimate of drug-likeness (QED) is 0.933. The highest BCUT2D eigenvalue weighted by molar-refractivity contribution is 6.31. The highest BCUT2D eigenvalue weighted by Crippen LogP contribution is 2.32. The van der Waals surface area contributed by atoms with Crippen LogP contribution in [0.1, 0.15) is 29.9 Å². The standard InChI is InChI=1S/C15H20ClN3O/c1-9(17-4)13-7-6-12(8-14(13)16)20-15-10(2)18-19(5)11(15)3/h6-9,17H,1-5H3. The van der Waals surface area contributed by atoms with Crippen LogP contribution in [0.15, 0.2) is 18.2 Å². The summed E-state index contributed by atoms with van der Waals surface area (Å²) in [6, 6.07) is 5.97. The van der Waals surface area contributed by atoms with Crippen LogP contribution in [0.4, 0.5) is 0 Å². The van der Waals surface area contributed by atoms with E-state index in [0.29, 0.717) is 5.02 Å². The molecule has 0 aliphatic heterocycles. The molecular weight excluding hydrogens is 274 g/mol. The largest absolute Gasteiger partial charge is 0.453 e. The van der Waals surface area contributed by atoms with E-state index in [-0.39, 0.29) is 6.04 Å². The molecule has 108 valence electrons. The molecule has 0 aliphatic carbocycles. The van der Waals surface area contributed by atoms with Crippen molar-refractivity contribution in [3.8, 4) is 11.5 Å². The fourth-order valence-corrected chi connectivity index (χ4v) is 2.43. The molecule has 0 radical (unpaired) electrons. The van der Waals surface area contributed by atoms with Crippen molar-refractivity contribution in [3.63, 3.8) is 0 Å². The lowest BCUT2D eigenvalue weighted by atomic mass is 10.1. The molecule has 0 spiro atoms. The van der Waals surface area contributed by atoms with Gasteiger partial charge in [-0.25, -0.2) is 0 Å². The van der Waals surface area contributed by atoms with E-state index in [9.17, 15) is 0 Å². The van der Waals surface area contributed by atoms with Crippen molar-refractivity contribution >= 4 is 11.6 Å². The minimum Gasteiger partial charge on any atom is -0.453 e. The fraction of sp³-hybridized carbons (Fsp3) is 0.400. The van der Waals surface area contributed by atoms with E-state index in [4.69, 9.17) is 16.3 Å². The monoisotopic (exact) mass is 293 g/mol. The topological polar surface area (TPSA) is 39.1 Å². The first-order chi connectivity index (χ1) is 9.43. The molecule has 1 atom stereocenters. The smallest absolute Gasteiger partial charge is 0.171 e. The summed E-state index contributed by atoms with van der Waals surface area (Å²) in [4.78, 5) is 0. The number of hydrogen-bond acceptors (Lipinski definition) is 3. The van der Waals surface area contributed by atoms with Gasteiger partial charge in [0, 0.05) is 18.1 Å². The molecule has 0 aliphatic rings. The van der Waals surface area contributed by atoms with Crippen LogP contribution >= 0.6 is 11.6 Å². The van der Waals surface area contributed by atoms with E-state index >= 15 is 0 Å². The Morgan fingerprint density at radius 1 is 1.35 bits per heavy atom. The average molecular weight is 294 g/mol. The third-order valence-electron chi connectivity index (χ3n) is 3.53. The molecule has 1 aromatic carbocycles. The second-order valence-corrected chi connectivity index (χ2v) is 5.33. The van der Waals surface area contributed by atoms with E-state index in [1.165, 1.54) is 0 Å². The van der Waals surface area contributed by atoms with Gasteiger partial charge in [-0.15, -0.1) is 0 Å². The number of halogens is 1. The molecule has 1 N–H and O–H groups in total. The zero-order chi connectivity index (χ0) is 14.9. The molecule has 2 aromatic rings. The molecule has 20 heavy (non-hydrogen) atoms. The van der Waals surface area contributed by atoms with Crippen molar-refractivity contribution in [1.82, 2.24) is 15.1 Å². The lowest BCUT2D eigenvalue weighted by Gasteiger charge is -2.14. The number of aryl methyl sites for hydroxylation is 2. The first kappa shape index (κ1) is 14.9. The van der Waals surface area contributed by atoms with Crippen molar-refractivity contribution < 1.29 is 4.74 Å². The highest BCUT2D eigenvalue weighted by atomic mass is 35.5. The normalized spacial score (nSPS) is 12.5. The zero-order valence-corrected chi connectivity index (χ0v) is 13.2. The number of hydrogen-bond donors (Lipinski definition) is 1. The number of nitrogens with zero attached hydrogens (tertiary/aromatic N) is 2. The maximum atomic E-state index is 6.31. The Balaban J connectivity index is 2.29. The van der Waals surface area contributed by atoms with Crippen LogP contribution in [0, 0.1) is 13.8 Å². The maximum absolute atomic E-state index is 6.31. The van der Waals surface area contributed by atoms with Crippen LogP contribution in [0.25, 0.3) is 0 Å². The summed E-state index contributed by atoms with van der Waals surface area (Å²) < 4.78 is 7.73. The number of ether oxygens (including phenoxy) is 1. The molecule has 1 unspecified atom stereocenters. The van der Waals surface area contributed by atoms with Crippen molar-refractivity contribution in [2.24, 2.45) is 7.05 Å². The summed E-state index contributed by atoms with van der Waals surface area (Å²) in [6.07, 6.45) is 0. The molecule has 0 amide bonds. The SMILES string of the molecule is CNC(C)c1ccc(Oc2c(C)nn(C)c2C)cc1Cl. The van der Waals surface area contributed by atoms with Gasteiger partial charge >= 0.3 is 0 Å².